The molecule has 0 aliphatic carbocycles. The molecule has 3 rings (SSSR count). The lowest BCUT2D eigenvalue weighted by Crippen LogP contribution is -2.74. The van der Waals surface area contributed by atoms with Crippen molar-refractivity contribution in [2.45, 2.75) is 93.3 Å². The second-order valence-electron chi connectivity index (χ2n) is 13.2. The number of hydrogen-bond donors (Lipinski definition) is 0. The van der Waals surface area contributed by atoms with Gasteiger partial charge in [-0.25, -0.2) is 14.4 Å². The summed E-state index contributed by atoms with van der Waals surface area (Å²) in [6.45, 7) is 1.24. The van der Waals surface area contributed by atoms with E-state index in [4.69, 9.17) is 18.9 Å². The lowest BCUT2D eigenvalue weighted by atomic mass is 9.88. The normalized spacial score (nSPS) is 13.8. The number of benzene rings is 3. The van der Waals surface area contributed by atoms with Gasteiger partial charge in [-0.2, -0.15) is 74.6 Å². The highest BCUT2D eigenvalue weighted by Gasteiger charge is 2.95. The number of alkyl halides is 17. The summed E-state index contributed by atoms with van der Waals surface area (Å²) < 4.78 is 254. The van der Waals surface area contributed by atoms with E-state index in [1.807, 2.05) is 6.92 Å². The minimum atomic E-state index is -8.76. The fraction of sp³-hybridized carbons (Fsp3) is 0.447. The van der Waals surface area contributed by atoms with Crippen LogP contribution in [-0.2, 0) is 9.53 Å². The third kappa shape index (κ3) is 10.8. The number of carbonyl (C=O) groups is 3. The van der Waals surface area contributed by atoms with Gasteiger partial charge in [0.15, 0.2) is 6.10 Å². The number of ether oxygens (including phenoxy) is 5. The van der Waals surface area contributed by atoms with Gasteiger partial charge in [-0.1, -0.05) is 19.8 Å². The highest BCUT2D eigenvalue weighted by molar-refractivity contribution is 5.92. The van der Waals surface area contributed by atoms with Crippen molar-refractivity contribution in [3.63, 3.8) is 0 Å². The number of carbonyl (C=O) groups excluding carboxylic acids is 3. The number of rotatable bonds is 21. The Balaban J connectivity index is 1.54. The van der Waals surface area contributed by atoms with Crippen LogP contribution in [0.1, 0.15) is 60.2 Å². The molecule has 25 heteroatoms. The summed E-state index contributed by atoms with van der Waals surface area (Å²) in [6, 6.07) is 15.6. The summed E-state index contributed by atoms with van der Waals surface area (Å²) in [5, 5.41) is 0. The molecular weight excluding hydrogens is 907 g/mol. The highest BCUT2D eigenvalue weighted by atomic mass is 19.4. The summed E-state index contributed by atoms with van der Waals surface area (Å²) in [7, 11) is 0. The fourth-order valence-electron chi connectivity index (χ4n) is 4.81. The SMILES string of the molecule is CCCCCOc1ccc(C(=O)Oc2ccc(C(=O)Oc3ccc(O[C@@H](C)C(=O)OCCC(F)(F)C(F)(F)C(F)(F)C(F)(F)C(F)(F)C(F)(F)C(F)(F)C(F)(F)F)cc3)cc2)cc1. The molecule has 350 valence electrons. The average Bonchev–Trinajstić information content (AvgIpc) is 3.19. The first-order valence-electron chi connectivity index (χ1n) is 17.7. The van der Waals surface area contributed by atoms with Crippen LogP contribution in [-0.4, -0.2) is 84.9 Å². The molecule has 0 heterocycles. The molecule has 0 radical (unpaired) electrons. The molecule has 3 aromatic carbocycles. The quantitative estimate of drug-likeness (QED) is 0.0451. The topological polar surface area (TPSA) is 97.4 Å². The summed E-state index contributed by atoms with van der Waals surface area (Å²) in [6.07, 6.45) is -9.83. The first kappa shape index (κ1) is 51.8. The van der Waals surface area contributed by atoms with Crippen LogP contribution >= 0.6 is 0 Å². The van der Waals surface area contributed by atoms with Gasteiger partial charge in [-0.05, 0) is 86.1 Å². The maximum absolute atomic E-state index is 14.1. The van der Waals surface area contributed by atoms with Gasteiger partial charge in [-0.15, -0.1) is 0 Å². The number of hydrogen-bond acceptors (Lipinski definition) is 8. The number of esters is 3. The molecule has 1 atom stereocenters. The Morgan fingerprint density at radius 1 is 0.492 bits per heavy atom. The first-order valence-corrected chi connectivity index (χ1v) is 17.7. The molecule has 8 nitrogen and oxygen atoms in total. The largest absolute Gasteiger partial charge is 0.494 e. The second-order valence-corrected chi connectivity index (χ2v) is 13.2. The Morgan fingerprint density at radius 3 is 1.30 bits per heavy atom. The second kappa shape index (κ2) is 19.1. The Labute approximate surface area is 344 Å². The van der Waals surface area contributed by atoms with Crippen LogP contribution in [0.25, 0.3) is 0 Å². The van der Waals surface area contributed by atoms with E-state index >= 15 is 0 Å². The minimum absolute atomic E-state index is 0.0260. The van der Waals surface area contributed by atoms with E-state index in [-0.39, 0.29) is 28.4 Å². The molecule has 0 unspecified atom stereocenters. The molecule has 3 aromatic rings. The van der Waals surface area contributed by atoms with Crippen molar-refractivity contribution in [1.82, 2.24) is 0 Å². The van der Waals surface area contributed by atoms with Gasteiger partial charge < -0.3 is 23.7 Å². The van der Waals surface area contributed by atoms with Gasteiger partial charge in [0.1, 0.15) is 23.0 Å². The summed E-state index contributed by atoms with van der Waals surface area (Å²) in [5.41, 5.74) is 0.188. The smallest absolute Gasteiger partial charge is 0.460 e. The predicted octanol–water partition coefficient (Wildman–Crippen LogP) is 11.4. The van der Waals surface area contributed by atoms with Crippen molar-refractivity contribution in [1.29, 1.82) is 0 Å². The molecule has 0 amide bonds. The van der Waals surface area contributed by atoms with E-state index in [0.717, 1.165) is 50.5 Å². The molecule has 0 fully saturated rings. The van der Waals surface area contributed by atoms with Crippen molar-refractivity contribution in [2.24, 2.45) is 0 Å². The maximum Gasteiger partial charge on any atom is 0.460 e. The molecule has 0 saturated carbocycles. The maximum atomic E-state index is 14.1. The Hall–Kier alpha value is -5.52. The van der Waals surface area contributed by atoms with Crippen molar-refractivity contribution in [3.05, 3.63) is 83.9 Å². The summed E-state index contributed by atoms with van der Waals surface area (Å²) in [4.78, 5) is 37.3. The molecule has 0 bridgehead atoms. The van der Waals surface area contributed by atoms with Crippen LogP contribution in [0.2, 0.25) is 0 Å². The van der Waals surface area contributed by atoms with Gasteiger partial charge in [0, 0.05) is 0 Å². The summed E-state index contributed by atoms with van der Waals surface area (Å²) >= 11 is 0. The zero-order valence-electron chi connectivity index (χ0n) is 31.9. The third-order valence-electron chi connectivity index (χ3n) is 8.53. The minimum Gasteiger partial charge on any atom is -0.494 e. The summed E-state index contributed by atoms with van der Waals surface area (Å²) in [5.74, 6) is -60.7. The lowest BCUT2D eigenvalue weighted by Gasteiger charge is -2.42. The predicted molar refractivity (Wildman–Crippen MR) is 181 cm³/mol. The van der Waals surface area contributed by atoms with Gasteiger partial charge in [-0.3, -0.25) is 0 Å². The third-order valence-corrected chi connectivity index (χ3v) is 8.53. The lowest BCUT2D eigenvalue weighted by molar-refractivity contribution is -0.461. The van der Waals surface area contributed by atoms with Gasteiger partial charge in [0.25, 0.3) is 0 Å². The van der Waals surface area contributed by atoms with E-state index in [2.05, 4.69) is 4.74 Å². The van der Waals surface area contributed by atoms with Gasteiger partial charge in [0.2, 0.25) is 0 Å². The van der Waals surface area contributed by atoms with Crippen LogP contribution in [0.5, 0.6) is 23.0 Å². The molecule has 0 saturated heterocycles. The van der Waals surface area contributed by atoms with Crippen molar-refractivity contribution < 1.29 is 113 Å². The number of unbranched alkanes of at least 4 members (excludes halogenated alkanes) is 2. The highest BCUT2D eigenvalue weighted by Crippen LogP contribution is 2.64. The number of halogens is 17. The van der Waals surface area contributed by atoms with E-state index < -0.39 is 84.7 Å². The monoisotopic (exact) mass is 938 g/mol. The van der Waals surface area contributed by atoms with Crippen LogP contribution in [0.4, 0.5) is 74.6 Å². The van der Waals surface area contributed by atoms with Crippen LogP contribution in [0.3, 0.4) is 0 Å². The molecule has 0 aliphatic rings. The van der Waals surface area contributed by atoms with Crippen molar-refractivity contribution in [2.75, 3.05) is 13.2 Å². The van der Waals surface area contributed by atoms with Crippen LogP contribution in [0, 0.1) is 0 Å². The van der Waals surface area contributed by atoms with Crippen molar-refractivity contribution >= 4 is 17.9 Å². The standard InChI is InChI=1S/C38H31F17O8/c1-3-4-5-19-59-24-10-6-22(7-11-24)29(57)62-26-12-8-23(9-13-26)30(58)63-27-16-14-25(15-17-27)61-21(2)28(56)60-20-18-31(39,40)32(41,42)33(43,44)34(45,46)35(47,48)36(49,50)37(51,52)38(53,54)55/h6-17,21H,3-5,18-20H2,1-2H3/t21-/m0/s1. The van der Waals surface area contributed by atoms with Crippen molar-refractivity contribution in [3.8, 4) is 23.0 Å². The van der Waals surface area contributed by atoms with E-state index in [1.54, 1.807) is 12.1 Å². The molecule has 0 aliphatic heterocycles. The Kier molecular flexibility index (Phi) is 15.7. The van der Waals surface area contributed by atoms with E-state index in [1.165, 1.54) is 36.4 Å². The van der Waals surface area contributed by atoms with Crippen LogP contribution < -0.4 is 18.9 Å². The van der Waals surface area contributed by atoms with E-state index in [9.17, 15) is 89.0 Å². The zero-order chi connectivity index (χ0) is 48.0. The van der Waals surface area contributed by atoms with Crippen LogP contribution in [0.15, 0.2) is 72.8 Å². The van der Waals surface area contributed by atoms with Gasteiger partial charge in [0.05, 0.1) is 30.8 Å². The van der Waals surface area contributed by atoms with Gasteiger partial charge >= 0.3 is 65.5 Å². The fourth-order valence-corrected chi connectivity index (χ4v) is 4.81. The zero-order valence-corrected chi connectivity index (χ0v) is 31.9. The van der Waals surface area contributed by atoms with E-state index in [0.29, 0.717) is 12.4 Å². The average molecular weight is 939 g/mol. The molecular formula is C38H31F17O8. The Bertz CT molecular complexity index is 2020. The molecule has 0 aromatic heterocycles. The Morgan fingerprint density at radius 2 is 0.873 bits per heavy atom. The molecule has 63 heavy (non-hydrogen) atoms. The first-order chi connectivity index (χ1) is 28.8. The molecule has 0 N–H and O–H groups in total. The molecule has 0 spiro atoms.